The van der Waals surface area contributed by atoms with E-state index in [1.807, 2.05) is 60.5 Å². The van der Waals surface area contributed by atoms with Gasteiger partial charge < -0.3 is 4.90 Å². The van der Waals surface area contributed by atoms with Crippen LogP contribution in [0, 0.1) is 0 Å². The zero-order chi connectivity index (χ0) is 18.0. The van der Waals surface area contributed by atoms with E-state index in [4.69, 9.17) is 0 Å². The van der Waals surface area contributed by atoms with Gasteiger partial charge in [-0.2, -0.15) is 0 Å². The number of amides is 1. The summed E-state index contributed by atoms with van der Waals surface area (Å²) in [6.45, 7) is 0.964. The summed E-state index contributed by atoms with van der Waals surface area (Å²) in [7, 11) is 8.00. The lowest BCUT2D eigenvalue weighted by atomic mass is 9.72. The minimum Gasteiger partial charge on any atom is -0.309 e. The maximum absolute atomic E-state index is 13.7. The van der Waals surface area contributed by atoms with Crippen LogP contribution < -0.4 is 5.01 Å². The van der Waals surface area contributed by atoms with E-state index in [2.05, 4.69) is 37.2 Å². The van der Waals surface area contributed by atoms with Crippen molar-refractivity contribution in [3.63, 3.8) is 0 Å². The second-order valence-electron chi connectivity index (χ2n) is 7.16. The molecule has 0 aromatic heterocycles. The van der Waals surface area contributed by atoms with Gasteiger partial charge in [0.25, 0.3) is 5.91 Å². The van der Waals surface area contributed by atoms with Gasteiger partial charge in [-0.1, -0.05) is 48.5 Å². The summed E-state index contributed by atoms with van der Waals surface area (Å²) in [4.78, 5) is 15.8. The number of hydrogen-bond acceptors (Lipinski definition) is 3. The first-order chi connectivity index (χ1) is 12.0. The number of nitrogens with zero attached hydrogens (tertiary/aromatic N) is 3. The van der Waals surface area contributed by atoms with E-state index >= 15 is 0 Å². The van der Waals surface area contributed by atoms with E-state index in [9.17, 15) is 4.79 Å². The fraction of sp³-hybridized carbons (Fsp3) is 0.381. The standard InChI is InChI=1S/C21H27N3O.ClH/c1-22(2)16-10-15-21(17-11-6-5-7-12-17)18-13-8-9-14-19(18)24(20(21)25)23(3)4;/h5-9,11-14H,10,15-16H2,1-4H3;1H. The highest BCUT2D eigenvalue weighted by Gasteiger charge is 2.52. The molecule has 0 saturated heterocycles. The van der Waals surface area contributed by atoms with E-state index in [0.717, 1.165) is 36.2 Å². The highest BCUT2D eigenvalue weighted by Crippen LogP contribution is 2.49. The number of hydrazine groups is 1. The number of fused-ring (bicyclic) bond motifs is 1. The van der Waals surface area contributed by atoms with E-state index in [0.29, 0.717) is 0 Å². The van der Waals surface area contributed by atoms with Crippen molar-refractivity contribution in [2.45, 2.75) is 18.3 Å². The lowest BCUT2D eigenvalue weighted by molar-refractivity contribution is -0.124. The van der Waals surface area contributed by atoms with Gasteiger partial charge in [-0.05, 0) is 50.7 Å². The van der Waals surface area contributed by atoms with Crippen LogP contribution in [0.1, 0.15) is 24.0 Å². The molecule has 0 spiro atoms. The van der Waals surface area contributed by atoms with Crippen molar-refractivity contribution in [1.29, 1.82) is 0 Å². The van der Waals surface area contributed by atoms with E-state index in [1.165, 1.54) is 0 Å². The maximum Gasteiger partial charge on any atom is 0.256 e. The molecule has 4 nitrogen and oxygen atoms in total. The zero-order valence-electron chi connectivity index (χ0n) is 16.0. The Bertz CT molecular complexity index is 748. The van der Waals surface area contributed by atoms with Crippen LogP contribution in [0.25, 0.3) is 0 Å². The summed E-state index contributed by atoms with van der Waals surface area (Å²) in [6, 6.07) is 18.4. The first-order valence-corrected chi connectivity index (χ1v) is 8.80. The van der Waals surface area contributed by atoms with Crippen LogP contribution in [0.4, 0.5) is 5.69 Å². The van der Waals surface area contributed by atoms with Crippen molar-refractivity contribution in [1.82, 2.24) is 9.91 Å². The van der Waals surface area contributed by atoms with Crippen LogP contribution in [0.15, 0.2) is 54.6 Å². The van der Waals surface area contributed by atoms with Crippen LogP contribution in [0.2, 0.25) is 0 Å². The minimum absolute atomic E-state index is 0. The second kappa shape index (κ2) is 8.21. The summed E-state index contributed by atoms with van der Waals surface area (Å²) in [5.74, 6) is 0.142. The number of carbonyl (C=O) groups excluding carboxylic acids is 1. The van der Waals surface area contributed by atoms with Crippen LogP contribution in [-0.4, -0.2) is 50.6 Å². The predicted molar refractivity (Wildman–Crippen MR) is 110 cm³/mol. The molecule has 26 heavy (non-hydrogen) atoms. The van der Waals surface area contributed by atoms with Crippen molar-refractivity contribution in [3.8, 4) is 0 Å². The summed E-state index contributed by atoms with van der Waals surface area (Å²) in [6.07, 6.45) is 1.76. The van der Waals surface area contributed by atoms with Gasteiger partial charge >= 0.3 is 0 Å². The van der Waals surface area contributed by atoms with Gasteiger partial charge in [-0.3, -0.25) is 4.79 Å². The smallest absolute Gasteiger partial charge is 0.256 e. The number of halogens is 1. The first-order valence-electron chi connectivity index (χ1n) is 8.80. The highest BCUT2D eigenvalue weighted by atomic mass is 35.5. The maximum atomic E-state index is 13.7. The number of benzene rings is 2. The molecule has 1 aliphatic heterocycles. The molecule has 1 atom stereocenters. The zero-order valence-corrected chi connectivity index (χ0v) is 16.8. The molecule has 0 radical (unpaired) electrons. The van der Waals surface area contributed by atoms with Crippen molar-refractivity contribution in [3.05, 3.63) is 65.7 Å². The summed E-state index contributed by atoms with van der Waals surface area (Å²) >= 11 is 0. The Balaban J connectivity index is 0.00000243. The Hall–Kier alpha value is -1.88. The van der Waals surface area contributed by atoms with E-state index in [-0.39, 0.29) is 18.3 Å². The second-order valence-corrected chi connectivity index (χ2v) is 7.16. The van der Waals surface area contributed by atoms with Gasteiger partial charge in [0.05, 0.1) is 5.69 Å². The van der Waals surface area contributed by atoms with Gasteiger partial charge in [-0.15, -0.1) is 12.4 Å². The van der Waals surface area contributed by atoms with Crippen molar-refractivity contribution < 1.29 is 4.79 Å². The molecule has 3 rings (SSSR count). The van der Waals surface area contributed by atoms with Crippen LogP contribution >= 0.6 is 12.4 Å². The van der Waals surface area contributed by atoms with Gasteiger partial charge in [0, 0.05) is 14.1 Å². The molecule has 0 N–H and O–H groups in total. The Kier molecular flexibility index (Phi) is 6.45. The SMILES string of the molecule is CN(C)CCCC1(c2ccccc2)C(=O)N(N(C)C)c2ccccc21.Cl. The topological polar surface area (TPSA) is 26.8 Å². The van der Waals surface area contributed by atoms with Crippen LogP contribution in [-0.2, 0) is 10.2 Å². The van der Waals surface area contributed by atoms with Gasteiger partial charge in [0.15, 0.2) is 0 Å². The molecule has 1 aliphatic rings. The summed E-state index contributed by atoms with van der Waals surface area (Å²) in [5.41, 5.74) is 2.57. The monoisotopic (exact) mass is 373 g/mol. The van der Waals surface area contributed by atoms with Crippen molar-refractivity contribution >= 4 is 24.0 Å². The number of hydrogen-bond donors (Lipinski definition) is 0. The Morgan fingerprint density at radius 2 is 1.54 bits per heavy atom. The largest absolute Gasteiger partial charge is 0.309 e. The predicted octanol–water partition coefficient (Wildman–Crippen LogP) is 3.56. The van der Waals surface area contributed by atoms with Gasteiger partial charge in [0.2, 0.25) is 0 Å². The third-order valence-corrected chi connectivity index (χ3v) is 4.97. The summed E-state index contributed by atoms with van der Waals surface area (Å²) in [5, 5.41) is 3.70. The molecule has 0 saturated carbocycles. The quantitative estimate of drug-likeness (QED) is 0.774. The molecule has 1 amide bonds. The molecule has 0 bridgehead atoms. The third kappa shape index (κ3) is 3.37. The lowest BCUT2D eigenvalue weighted by Gasteiger charge is -2.31. The fourth-order valence-electron chi connectivity index (χ4n) is 3.87. The molecule has 2 aromatic carbocycles. The van der Waals surface area contributed by atoms with Crippen LogP contribution in [0.3, 0.4) is 0 Å². The Labute approximate surface area is 162 Å². The molecular formula is C21H28ClN3O. The van der Waals surface area contributed by atoms with E-state index < -0.39 is 5.41 Å². The molecule has 140 valence electrons. The minimum atomic E-state index is -0.613. The molecule has 1 heterocycles. The summed E-state index contributed by atoms with van der Waals surface area (Å²) < 4.78 is 0. The van der Waals surface area contributed by atoms with Crippen molar-refractivity contribution in [2.75, 3.05) is 39.7 Å². The molecule has 0 fully saturated rings. The average molecular weight is 374 g/mol. The highest BCUT2D eigenvalue weighted by molar-refractivity contribution is 6.09. The van der Waals surface area contributed by atoms with Gasteiger partial charge in [-0.25, -0.2) is 10.0 Å². The molecule has 2 aromatic rings. The fourth-order valence-corrected chi connectivity index (χ4v) is 3.87. The molecule has 5 heteroatoms. The average Bonchev–Trinajstić information content (AvgIpc) is 2.85. The Morgan fingerprint density at radius 1 is 0.923 bits per heavy atom. The van der Waals surface area contributed by atoms with Crippen molar-refractivity contribution in [2.24, 2.45) is 0 Å². The lowest BCUT2D eigenvalue weighted by Crippen LogP contribution is -2.47. The number of rotatable bonds is 6. The van der Waals surface area contributed by atoms with Gasteiger partial charge in [0.1, 0.15) is 5.41 Å². The first kappa shape index (κ1) is 20.4. The number of carbonyl (C=O) groups is 1. The normalized spacial score (nSPS) is 19.0. The van der Waals surface area contributed by atoms with Crippen LogP contribution in [0.5, 0.6) is 0 Å². The van der Waals surface area contributed by atoms with E-state index in [1.54, 1.807) is 0 Å². The number of para-hydroxylation sites is 1. The third-order valence-electron chi connectivity index (χ3n) is 4.97. The number of anilines is 1. The molecular weight excluding hydrogens is 346 g/mol. The molecule has 1 unspecified atom stereocenters. The molecule has 0 aliphatic carbocycles. The Morgan fingerprint density at radius 3 is 2.15 bits per heavy atom.